The van der Waals surface area contributed by atoms with Crippen LogP contribution < -0.4 is 31.6 Å². The fraction of sp³-hybridized carbons (Fsp3) is 0.609. The summed E-state index contributed by atoms with van der Waals surface area (Å²) in [5, 5.41) is 4.92. The molecule has 0 fully saturated rings. The van der Waals surface area contributed by atoms with Crippen LogP contribution in [0.5, 0.6) is 11.5 Å². The second kappa shape index (κ2) is 16.8. The Balaban J connectivity index is 3.04. The average Bonchev–Trinajstić information content (AvgIpc) is 2.84. The minimum atomic E-state index is -1.11. The summed E-state index contributed by atoms with van der Waals surface area (Å²) in [6, 6.07) is 4.73. The molecule has 1 unspecified atom stereocenters. The smallest absolute Gasteiger partial charge is 0.415 e. The molecular formula is C23H40N6O6S. The molecule has 0 spiro atoms. The summed E-state index contributed by atoms with van der Waals surface area (Å²) in [6.45, 7) is 9.54. The van der Waals surface area contributed by atoms with Gasteiger partial charge in [0.2, 0.25) is 5.91 Å². The van der Waals surface area contributed by atoms with Crippen molar-refractivity contribution < 1.29 is 28.6 Å². The zero-order chi connectivity index (χ0) is 27.1. The second-order valence-corrected chi connectivity index (χ2v) is 8.17. The zero-order valence-electron chi connectivity index (χ0n) is 21.5. The van der Waals surface area contributed by atoms with E-state index in [4.69, 9.17) is 25.7 Å². The van der Waals surface area contributed by atoms with Gasteiger partial charge in [0.25, 0.3) is 0 Å². The summed E-state index contributed by atoms with van der Waals surface area (Å²) < 4.78 is 16.4. The van der Waals surface area contributed by atoms with Crippen molar-refractivity contribution in [2.45, 2.75) is 39.6 Å². The van der Waals surface area contributed by atoms with Crippen molar-refractivity contribution in [2.24, 2.45) is 11.5 Å². The van der Waals surface area contributed by atoms with Crippen LogP contribution in [0.1, 0.15) is 38.9 Å². The molecule has 3 amide bonds. The number of thiol groups is 1. The zero-order valence-corrected chi connectivity index (χ0v) is 22.4. The van der Waals surface area contributed by atoms with E-state index in [1.807, 2.05) is 6.92 Å². The van der Waals surface area contributed by atoms with Crippen molar-refractivity contribution in [3.05, 3.63) is 23.8 Å². The van der Waals surface area contributed by atoms with Gasteiger partial charge >= 0.3 is 12.2 Å². The highest BCUT2D eigenvalue weighted by molar-refractivity contribution is 7.80. The monoisotopic (exact) mass is 528 g/mol. The fourth-order valence-electron chi connectivity index (χ4n) is 3.23. The Morgan fingerprint density at radius 3 is 2.31 bits per heavy atom. The molecule has 1 aromatic carbocycles. The van der Waals surface area contributed by atoms with Crippen LogP contribution in [0.2, 0.25) is 0 Å². The molecule has 12 nitrogen and oxygen atoms in total. The maximum Gasteiger partial charge on any atom is 0.415 e. The van der Waals surface area contributed by atoms with E-state index in [1.54, 1.807) is 23.1 Å². The lowest BCUT2D eigenvalue weighted by atomic mass is 10.1. The summed E-state index contributed by atoms with van der Waals surface area (Å²) in [5.74, 6) is 0.583. The Labute approximate surface area is 218 Å². The maximum absolute atomic E-state index is 12.8. The summed E-state index contributed by atoms with van der Waals surface area (Å²) in [6.07, 6.45) is -3.17. The van der Waals surface area contributed by atoms with Gasteiger partial charge in [-0.2, -0.15) is 12.6 Å². The molecule has 0 aliphatic carbocycles. The largest absolute Gasteiger partial charge is 0.493 e. The molecule has 13 heteroatoms. The number of nitrogens with zero attached hydrogens (tertiary/aromatic N) is 2. The number of likely N-dealkylation sites (N-methyl/N-ethyl adjacent to an activating group) is 2. The van der Waals surface area contributed by atoms with Gasteiger partial charge in [-0.3, -0.25) is 21.6 Å². The molecule has 1 aromatic rings. The molecular weight excluding hydrogens is 488 g/mol. The number of methoxy groups -OCH3 is 1. The number of hydrogen-bond donors (Lipinski definition) is 5. The van der Waals surface area contributed by atoms with E-state index < -0.39 is 24.6 Å². The molecule has 204 valence electrons. The first-order valence-corrected chi connectivity index (χ1v) is 12.5. The number of nitrogens with one attached hydrogen (secondary N) is 2. The lowest BCUT2D eigenvalue weighted by Crippen LogP contribution is -2.49. The van der Waals surface area contributed by atoms with Crippen LogP contribution in [-0.2, 0) is 9.53 Å². The van der Waals surface area contributed by atoms with Gasteiger partial charge in [-0.15, -0.1) is 0 Å². The van der Waals surface area contributed by atoms with Crippen molar-refractivity contribution in [2.75, 3.05) is 52.1 Å². The lowest BCUT2D eigenvalue weighted by Gasteiger charge is -2.25. The number of hydrogen-bond acceptors (Lipinski definition) is 10. The number of alkyl carbamates (subject to hydrolysis) is 1. The van der Waals surface area contributed by atoms with Crippen molar-refractivity contribution >= 4 is 30.7 Å². The Hall–Kier alpha value is -2.74. The molecule has 0 saturated carbocycles. The molecule has 0 aliphatic heterocycles. The summed E-state index contributed by atoms with van der Waals surface area (Å²) >= 11 is 4.04. The third kappa shape index (κ3) is 10.9. The van der Waals surface area contributed by atoms with Crippen molar-refractivity contribution in [1.29, 1.82) is 0 Å². The van der Waals surface area contributed by atoms with E-state index >= 15 is 0 Å². The third-order valence-electron chi connectivity index (χ3n) is 5.33. The van der Waals surface area contributed by atoms with Crippen molar-refractivity contribution in [3.8, 4) is 11.5 Å². The molecule has 0 heterocycles. The molecule has 0 saturated heterocycles. The second-order valence-electron chi connectivity index (χ2n) is 7.73. The van der Waals surface area contributed by atoms with Gasteiger partial charge in [-0.25, -0.2) is 9.59 Å². The van der Waals surface area contributed by atoms with Crippen LogP contribution in [0.15, 0.2) is 18.2 Å². The van der Waals surface area contributed by atoms with Crippen molar-refractivity contribution in [3.63, 3.8) is 0 Å². The highest BCUT2D eigenvalue weighted by Gasteiger charge is 2.22. The highest BCUT2D eigenvalue weighted by Crippen LogP contribution is 2.32. The average molecular weight is 529 g/mol. The van der Waals surface area contributed by atoms with Crippen LogP contribution in [0.4, 0.5) is 9.59 Å². The molecule has 1 atom stereocenters. The quantitative estimate of drug-likeness (QED) is 0.167. The number of nitrogens with two attached hydrogens (primary N) is 2. The molecule has 6 N–H and O–H groups in total. The van der Waals surface area contributed by atoms with Gasteiger partial charge in [0.15, 0.2) is 11.5 Å². The van der Waals surface area contributed by atoms with E-state index in [2.05, 4.69) is 42.0 Å². The minimum Gasteiger partial charge on any atom is -0.493 e. The molecule has 0 aromatic heterocycles. The first-order chi connectivity index (χ1) is 17.2. The summed E-state index contributed by atoms with van der Waals surface area (Å²) in [5.41, 5.74) is 11.3. The Morgan fingerprint density at radius 2 is 1.75 bits per heavy atom. The van der Waals surface area contributed by atoms with Gasteiger partial charge in [-0.1, -0.05) is 19.9 Å². The molecule has 0 bridgehead atoms. The number of amides is 3. The van der Waals surface area contributed by atoms with E-state index in [0.29, 0.717) is 24.4 Å². The third-order valence-corrected chi connectivity index (χ3v) is 5.56. The number of benzene rings is 1. The standard InChI is InChI=1S/C23H40N6O6S/c1-5-28(6-2)11-12-29(7-3)23(32)35-17-9-8-16(14-18(17)33-4)19(15-26-20(30)10-13-36)34-22(31)27-21(24)25/h8-9,14,19,21,36H,5-7,10-13,15,24-25H2,1-4H3,(H,26,30)(H,27,31). The van der Waals surface area contributed by atoms with Gasteiger partial charge in [0, 0.05) is 26.1 Å². The summed E-state index contributed by atoms with van der Waals surface area (Å²) in [4.78, 5) is 40.6. The van der Waals surface area contributed by atoms with Gasteiger partial charge in [-0.05, 0) is 43.5 Å². The first-order valence-electron chi connectivity index (χ1n) is 11.9. The predicted octanol–water partition coefficient (Wildman–Crippen LogP) is 1.26. The van der Waals surface area contributed by atoms with Crippen LogP contribution in [0.3, 0.4) is 0 Å². The van der Waals surface area contributed by atoms with Crippen LogP contribution >= 0.6 is 12.6 Å². The van der Waals surface area contributed by atoms with E-state index in [0.717, 1.165) is 19.6 Å². The van der Waals surface area contributed by atoms with Crippen LogP contribution in [-0.4, -0.2) is 86.3 Å². The van der Waals surface area contributed by atoms with Crippen LogP contribution in [0, 0.1) is 0 Å². The molecule has 0 radical (unpaired) electrons. The Morgan fingerprint density at radius 1 is 1.06 bits per heavy atom. The van der Waals surface area contributed by atoms with E-state index in [1.165, 1.54) is 7.11 Å². The van der Waals surface area contributed by atoms with Gasteiger partial charge < -0.3 is 29.3 Å². The molecule has 36 heavy (non-hydrogen) atoms. The van der Waals surface area contributed by atoms with Crippen molar-refractivity contribution in [1.82, 2.24) is 20.4 Å². The number of rotatable bonds is 15. The maximum atomic E-state index is 12.8. The predicted molar refractivity (Wildman–Crippen MR) is 140 cm³/mol. The van der Waals surface area contributed by atoms with Gasteiger partial charge in [0.1, 0.15) is 12.4 Å². The molecule has 1 rings (SSSR count). The number of ether oxygens (including phenoxy) is 3. The fourth-order valence-corrected chi connectivity index (χ4v) is 3.43. The van der Waals surface area contributed by atoms with E-state index in [-0.39, 0.29) is 30.4 Å². The number of carbonyl (C=O) groups excluding carboxylic acids is 3. The normalized spacial score (nSPS) is 11.7. The first kappa shape index (κ1) is 31.3. The topological polar surface area (TPSA) is 161 Å². The molecule has 0 aliphatic rings. The lowest BCUT2D eigenvalue weighted by molar-refractivity contribution is -0.121. The SMILES string of the molecule is CCN(CC)CCN(CC)C(=O)Oc1ccc(C(CNC(=O)CCS)OC(=O)NC(N)N)cc1OC. The minimum absolute atomic E-state index is 0.0168. The number of carbonyl (C=O) groups is 3. The Bertz CT molecular complexity index is 839. The summed E-state index contributed by atoms with van der Waals surface area (Å²) in [7, 11) is 1.43. The van der Waals surface area contributed by atoms with E-state index in [9.17, 15) is 14.4 Å². The Kier molecular flexibility index (Phi) is 14.6. The van der Waals surface area contributed by atoms with Gasteiger partial charge in [0.05, 0.1) is 13.7 Å². The van der Waals surface area contributed by atoms with Crippen LogP contribution in [0.25, 0.3) is 0 Å². The highest BCUT2D eigenvalue weighted by atomic mass is 32.1.